The Morgan fingerprint density at radius 3 is 2.65 bits per heavy atom. The lowest BCUT2D eigenvalue weighted by molar-refractivity contribution is 0.249. The van der Waals surface area contributed by atoms with Gasteiger partial charge >= 0.3 is 0 Å². The highest BCUT2D eigenvalue weighted by atomic mass is 15.2. The predicted molar refractivity (Wildman–Crippen MR) is 85.1 cm³/mol. The number of hydrogen-bond acceptors (Lipinski definition) is 4. The van der Waals surface area contributed by atoms with E-state index in [-0.39, 0.29) is 0 Å². The molecule has 1 aromatic heterocycles. The molecule has 1 aromatic rings. The fraction of sp³-hybridized carbons (Fsp3) is 0.688. The monoisotopic (exact) mass is 276 g/mol. The minimum atomic E-state index is 0.497. The standard InChI is InChI=1S/C16H28N4/c1-13(2)18-12-14-11-16(5-8-17-14)20-9-6-15(7-10-20)19(3)4/h5,8,11,13,15,18H,6-7,9-10,12H2,1-4H3. The zero-order valence-electron chi connectivity index (χ0n) is 13.3. The average molecular weight is 276 g/mol. The molecule has 0 amide bonds. The van der Waals surface area contributed by atoms with Crippen LogP contribution in [0.25, 0.3) is 0 Å². The molecule has 2 heterocycles. The van der Waals surface area contributed by atoms with E-state index in [4.69, 9.17) is 0 Å². The van der Waals surface area contributed by atoms with Crippen molar-refractivity contribution in [3.63, 3.8) is 0 Å². The number of pyridine rings is 1. The molecule has 2 rings (SSSR count). The Kier molecular flexibility index (Phi) is 5.38. The maximum atomic E-state index is 4.45. The number of aromatic nitrogens is 1. The van der Waals surface area contributed by atoms with Gasteiger partial charge in [-0.05, 0) is 39.1 Å². The Bertz CT molecular complexity index is 409. The summed E-state index contributed by atoms with van der Waals surface area (Å²) in [6.07, 6.45) is 4.43. The van der Waals surface area contributed by atoms with Gasteiger partial charge in [-0.25, -0.2) is 0 Å². The molecule has 0 atom stereocenters. The zero-order chi connectivity index (χ0) is 14.5. The van der Waals surface area contributed by atoms with Crippen molar-refractivity contribution in [1.82, 2.24) is 15.2 Å². The van der Waals surface area contributed by atoms with Crippen molar-refractivity contribution in [1.29, 1.82) is 0 Å². The number of anilines is 1. The molecule has 0 bridgehead atoms. The van der Waals surface area contributed by atoms with Crippen LogP contribution in [-0.4, -0.2) is 49.2 Å². The summed E-state index contributed by atoms with van der Waals surface area (Å²) in [6.45, 7) is 7.46. The third-order valence-electron chi connectivity index (χ3n) is 4.05. The zero-order valence-corrected chi connectivity index (χ0v) is 13.3. The Balaban J connectivity index is 1.94. The summed E-state index contributed by atoms with van der Waals surface area (Å²) < 4.78 is 0. The minimum absolute atomic E-state index is 0.497. The Morgan fingerprint density at radius 1 is 1.35 bits per heavy atom. The normalized spacial score (nSPS) is 17.2. The largest absolute Gasteiger partial charge is 0.371 e. The lowest BCUT2D eigenvalue weighted by Crippen LogP contribution is -2.42. The van der Waals surface area contributed by atoms with E-state index in [0.29, 0.717) is 6.04 Å². The van der Waals surface area contributed by atoms with E-state index in [9.17, 15) is 0 Å². The quantitative estimate of drug-likeness (QED) is 0.892. The van der Waals surface area contributed by atoms with E-state index in [1.54, 1.807) is 0 Å². The lowest BCUT2D eigenvalue weighted by Gasteiger charge is -2.36. The highest BCUT2D eigenvalue weighted by Gasteiger charge is 2.20. The molecule has 20 heavy (non-hydrogen) atoms. The van der Waals surface area contributed by atoms with Gasteiger partial charge in [-0.1, -0.05) is 13.8 Å². The van der Waals surface area contributed by atoms with Gasteiger partial charge in [0.1, 0.15) is 0 Å². The highest BCUT2D eigenvalue weighted by Crippen LogP contribution is 2.21. The van der Waals surface area contributed by atoms with Gasteiger partial charge in [0, 0.05) is 43.6 Å². The summed E-state index contributed by atoms with van der Waals surface area (Å²) in [7, 11) is 4.37. The number of nitrogens with zero attached hydrogens (tertiary/aromatic N) is 3. The molecule has 4 heteroatoms. The van der Waals surface area contributed by atoms with Gasteiger partial charge in [-0.15, -0.1) is 0 Å². The summed E-state index contributed by atoms with van der Waals surface area (Å²) in [5, 5.41) is 3.43. The van der Waals surface area contributed by atoms with Crippen LogP contribution in [-0.2, 0) is 6.54 Å². The fourth-order valence-electron chi connectivity index (χ4n) is 2.71. The van der Waals surface area contributed by atoms with Gasteiger partial charge in [0.15, 0.2) is 0 Å². The molecule has 1 N–H and O–H groups in total. The van der Waals surface area contributed by atoms with Gasteiger partial charge in [0.05, 0.1) is 5.69 Å². The van der Waals surface area contributed by atoms with Gasteiger partial charge in [-0.3, -0.25) is 4.98 Å². The predicted octanol–water partition coefficient (Wildman–Crippen LogP) is 2.11. The van der Waals surface area contributed by atoms with E-state index >= 15 is 0 Å². The molecule has 1 saturated heterocycles. The first-order chi connectivity index (χ1) is 9.56. The Morgan fingerprint density at radius 2 is 2.05 bits per heavy atom. The number of rotatable bonds is 5. The molecule has 0 unspecified atom stereocenters. The van der Waals surface area contributed by atoms with Crippen LogP contribution in [0.4, 0.5) is 5.69 Å². The third-order valence-corrected chi connectivity index (χ3v) is 4.05. The summed E-state index contributed by atoms with van der Waals surface area (Å²) >= 11 is 0. The lowest BCUT2D eigenvalue weighted by atomic mass is 10.0. The van der Waals surface area contributed by atoms with Crippen LogP contribution in [0.15, 0.2) is 18.3 Å². The molecule has 1 aliphatic heterocycles. The average Bonchev–Trinajstić information content (AvgIpc) is 2.45. The molecule has 0 spiro atoms. The van der Waals surface area contributed by atoms with Crippen molar-refractivity contribution in [3.05, 3.63) is 24.0 Å². The molecule has 0 radical (unpaired) electrons. The van der Waals surface area contributed by atoms with Crippen LogP contribution in [0.1, 0.15) is 32.4 Å². The SMILES string of the molecule is CC(C)NCc1cc(N2CCC(N(C)C)CC2)ccn1. The van der Waals surface area contributed by atoms with E-state index in [2.05, 4.69) is 60.2 Å². The van der Waals surface area contributed by atoms with Gasteiger partial charge in [0.2, 0.25) is 0 Å². The van der Waals surface area contributed by atoms with Crippen molar-refractivity contribution < 1.29 is 0 Å². The number of nitrogens with one attached hydrogen (secondary N) is 1. The van der Waals surface area contributed by atoms with E-state index in [1.165, 1.54) is 18.5 Å². The topological polar surface area (TPSA) is 31.4 Å². The molecule has 4 nitrogen and oxygen atoms in total. The number of piperidine rings is 1. The fourth-order valence-corrected chi connectivity index (χ4v) is 2.71. The minimum Gasteiger partial charge on any atom is -0.371 e. The second kappa shape index (κ2) is 7.04. The van der Waals surface area contributed by atoms with Crippen LogP contribution in [0.2, 0.25) is 0 Å². The van der Waals surface area contributed by atoms with Crippen molar-refractivity contribution in [2.45, 2.75) is 45.3 Å². The molecule has 1 fully saturated rings. The summed E-state index contributed by atoms with van der Waals surface area (Å²) in [5.74, 6) is 0. The van der Waals surface area contributed by atoms with Crippen molar-refractivity contribution in [2.24, 2.45) is 0 Å². The molecule has 1 aliphatic rings. The van der Waals surface area contributed by atoms with Crippen LogP contribution in [0, 0.1) is 0 Å². The number of hydrogen-bond donors (Lipinski definition) is 1. The van der Waals surface area contributed by atoms with Gasteiger partial charge < -0.3 is 15.1 Å². The van der Waals surface area contributed by atoms with Crippen molar-refractivity contribution in [2.75, 3.05) is 32.1 Å². The summed E-state index contributed by atoms with van der Waals surface area (Å²) in [5.41, 5.74) is 2.45. The highest BCUT2D eigenvalue weighted by molar-refractivity contribution is 5.47. The van der Waals surface area contributed by atoms with E-state index in [1.807, 2.05) is 6.20 Å². The molecule has 0 saturated carbocycles. The van der Waals surface area contributed by atoms with E-state index < -0.39 is 0 Å². The van der Waals surface area contributed by atoms with E-state index in [0.717, 1.165) is 31.4 Å². The third kappa shape index (κ3) is 4.18. The van der Waals surface area contributed by atoms with Crippen molar-refractivity contribution >= 4 is 5.69 Å². The Hall–Kier alpha value is -1.13. The summed E-state index contributed by atoms with van der Waals surface area (Å²) in [6, 6.07) is 5.59. The molecular formula is C16H28N4. The Labute approximate surface area is 123 Å². The van der Waals surface area contributed by atoms with Gasteiger partial charge in [0.25, 0.3) is 0 Å². The molecule has 112 valence electrons. The first-order valence-corrected chi connectivity index (χ1v) is 7.66. The maximum Gasteiger partial charge on any atom is 0.0562 e. The first kappa shape index (κ1) is 15.3. The molecular weight excluding hydrogens is 248 g/mol. The second-order valence-corrected chi connectivity index (χ2v) is 6.22. The molecule has 0 aliphatic carbocycles. The van der Waals surface area contributed by atoms with Gasteiger partial charge in [-0.2, -0.15) is 0 Å². The van der Waals surface area contributed by atoms with Crippen molar-refractivity contribution in [3.8, 4) is 0 Å². The van der Waals surface area contributed by atoms with Crippen LogP contribution >= 0.6 is 0 Å². The smallest absolute Gasteiger partial charge is 0.0562 e. The molecule has 0 aromatic carbocycles. The maximum absolute atomic E-state index is 4.45. The van der Waals surface area contributed by atoms with Crippen LogP contribution < -0.4 is 10.2 Å². The first-order valence-electron chi connectivity index (χ1n) is 7.66. The van der Waals surface area contributed by atoms with Crippen LogP contribution in [0.3, 0.4) is 0 Å². The summed E-state index contributed by atoms with van der Waals surface area (Å²) in [4.78, 5) is 9.29. The van der Waals surface area contributed by atoms with Crippen LogP contribution in [0.5, 0.6) is 0 Å². The second-order valence-electron chi connectivity index (χ2n) is 6.22.